The molecule has 2 N–H and O–H groups in total. The fourth-order valence-corrected chi connectivity index (χ4v) is 1.87. The molecule has 5 heteroatoms. The number of hydrogen-bond acceptors (Lipinski definition) is 3. The Morgan fingerprint density at radius 2 is 2.15 bits per heavy atom. The number of hydrogen-bond donors (Lipinski definition) is 2. The number of H-pyrrole nitrogens is 1. The van der Waals surface area contributed by atoms with Crippen LogP contribution in [0.4, 0.5) is 0 Å². The number of rotatable bonds is 4. The maximum Gasteiger partial charge on any atom is 0.354 e. The van der Waals surface area contributed by atoms with E-state index in [0.29, 0.717) is 12.2 Å². The summed E-state index contributed by atoms with van der Waals surface area (Å²) in [5.74, 6) is -0.443. The molecule has 1 heterocycles. The maximum atomic E-state index is 11.4. The topological polar surface area (TPSA) is 71.2 Å². The third-order valence-corrected chi connectivity index (χ3v) is 2.83. The maximum absolute atomic E-state index is 11.4. The molecular weight excluding hydrogens is 256 g/mol. The number of aromatic amines is 1. The van der Waals surface area contributed by atoms with E-state index in [2.05, 4.69) is 15.0 Å². The second kappa shape index (κ2) is 6.06. The quantitative estimate of drug-likeness (QED) is 0.837. The summed E-state index contributed by atoms with van der Waals surface area (Å²) < 4.78 is 4.67. The van der Waals surface area contributed by atoms with Gasteiger partial charge >= 0.3 is 5.97 Å². The minimum Gasteiger partial charge on any atom is -0.464 e. The van der Waals surface area contributed by atoms with Crippen LogP contribution in [0, 0.1) is 0 Å². The molecule has 0 unspecified atom stereocenters. The fraction of sp³-hybridized carbons (Fsp3) is 0.200. The van der Waals surface area contributed by atoms with Gasteiger partial charge in [-0.05, 0) is 17.7 Å². The first-order chi connectivity index (χ1) is 9.60. The van der Waals surface area contributed by atoms with E-state index in [-0.39, 0.29) is 11.9 Å². The number of aromatic nitrogens is 1. The van der Waals surface area contributed by atoms with Gasteiger partial charge in [0.25, 0.3) is 0 Å². The van der Waals surface area contributed by atoms with E-state index in [4.69, 9.17) is 0 Å². The van der Waals surface area contributed by atoms with Gasteiger partial charge in [0.05, 0.1) is 7.11 Å². The monoisotopic (exact) mass is 272 g/mol. The van der Waals surface area contributed by atoms with Gasteiger partial charge < -0.3 is 15.0 Å². The molecule has 0 bridgehead atoms. The van der Waals surface area contributed by atoms with Crippen LogP contribution in [0.3, 0.4) is 0 Å². The highest BCUT2D eigenvalue weighted by molar-refractivity contribution is 5.95. The van der Waals surface area contributed by atoms with Gasteiger partial charge in [0, 0.05) is 24.4 Å². The average Bonchev–Trinajstić information content (AvgIpc) is 2.85. The van der Waals surface area contributed by atoms with E-state index in [9.17, 15) is 9.59 Å². The lowest BCUT2D eigenvalue weighted by Crippen LogP contribution is -2.19. The first-order valence-electron chi connectivity index (χ1n) is 6.22. The molecule has 0 spiro atoms. The molecule has 20 heavy (non-hydrogen) atoms. The number of benzene rings is 1. The molecule has 2 rings (SSSR count). The Kier molecular flexibility index (Phi) is 4.20. The van der Waals surface area contributed by atoms with Gasteiger partial charge in [-0.3, -0.25) is 4.79 Å². The number of amides is 1. The van der Waals surface area contributed by atoms with Crippen molar-refractivity contribution in [2.24, 2.45) is 0 Å². The van der Waals surface area contributed by atoms with Crippen molar-refractivity contribution in [2.75, 3.05) is 13.7 Å². The molecule has 1 aromatic carbocycles. The molecule has 0 fully saturated rings. The highest BCUT2D eigenvalue weighted by Crippen LogP contribution is 2.18. The number of carbonyl (C=O) groups excluding carboxylic acids is 2. The van der Waals surface area contributed by atoms with E-state index in [1.54, 1.807) is 6.07 Å². The van der Waals surface area contributed by atoms with Crippen molar-refractivity contribution < 1.29 is 14.3 Å². The first-order valence-corrected chi connectivity index (χ1v) is 6.22. The van der Waals surface area contributed by atoms with Crippen LogP contribution < -0.4 is 5.32 Å². The van der Waals surface area contributed by atoms with Gasteiger partial charge in [0.2, 0.25) is 5.91 Å². The van der Waals surface area contributed by atoms with Crippen molar-refractivity contribution in [3.8, 4) is 0 Å². The molecular formula is C15H16N2O3. The van der Waals surface area contributed by atoms with Crippen molar-refractivity contribution in [1.82, 2.24) is 10.3 Å². The summed E-state index contributed by atoms with van der Waals surface area (Å²) in [6.07, 6.45) is 3.78. The summed E-state index contributed by atoms with van der Waals surface area (Å²) in [5, 5.41) is 3.63. The molecule has 0 radical (unpaired) electrons. The summed E-state index contributed by atoms with van der Waals surface area (Å²) in [7, 11) is 1.35. The molecule has 1 amide bonds. The Hall–Kier alpha value is -2.56. The highest BCUT2D eigenvalue weighted by atomic mass is 16.5. The zero-order chi connectivity index (χ0) is 14.5. The second-order valence-corrected chi connectivity index (χ2v) is 4.36. The lowest BCUT2D eigenvalue weighted by atomic mass is 10.1. The van der Waals surface area contributed by atoms with Crippen LogP contribution in [0.15, 0.2) is 30.3 Å². The number of carbonyl (C=O) groups is 2. The summed E-state index contributed by atoms with van der Waals surface area (Å²) in [6.45, 7) is 1.97. The molecule has 2 aromatic rings. The van der Waals surface area contributed by atoms with Gasteiger partial charge in [-0.1, -0.05) is 24.3 Å². The third-order valence-electron chi connectivity index (χ3n) is 2.83. The van der Waals surface area contributed by atoms with Crippen molar-refractivity contribution in [1.29, 1.82) is 0 Å². The van der Waals surface area contributed by atoms with Gasteiger partial charge in [-0.15, -0.1) is 0 Å². The van der Waals surface area contributed by atoms with Crippen LogP contribution in [-0.2, 0) is 9.53 Å². The van der Waals surface area contributed by atoms with E-state index in [1.165, 1.54) is 14.0 Å². The van der Waals surface area contributed by atoms with E-state index in [0.717, 1.165) is 16.5 Å². The van der Waals surface area contributed by atoms with E-state index < -0.39 is 0 Å². The summed E-state index contributed by atoms with van der Waals surface area (Å²) >= 11 is 0. The number of nitrogens with one attached hydrogen (secondary N) is 2. The van der Waals surface area contributed by atoms with Crippen LogP contribution in [0.25, 0.3) is 17.0 Å². The second-order valence-electron chi connectivity index (χ2n) is 4.36. The van der Waals surface area contributed by atoms with Crippen molar-refractivity contribution >= 4 is 28.9 Å². The standard InChI is InChI=1S/C15H16N2O3/c1-10(18)16-7-3-4-11-5-6-12-9-14(15(19)20-2)17-13(12)8-11/h3-6,8-9,17H,7H2,1-2H3,(H,16,18). The minimum absolute atomic E-state index is 0.0582. The molecule has 0 aliphatic rings. The molecule has 1 aromatic heterocycles. The number of fused-ring (bicyclic) bond motifs is 1. The highest BCUT2D eigenvalue weighted by Gasteiger charge is 2.08. The molecule has 0 atom stereocenters. The zero-order valence-corrected chi connectivity index (χ0v) is 11.4. The van der Waals surface area contributed by atoms with E-state index in [1.807, 2.05) is 30.4 Å². The van der Waals surface area contributed by atoms with Crippen molar-refractivity contribution in [3.05, 3.63) is 41.6 Å². The van der Waals surface area contributed by atoms with Gasteiger partial charge in [-0.25, -0.2) is 4.79 Å². The van der Waals surface area contributed by atoms with Gasteiger partial charge in [0.1, 0.15) is 5.69 Å². The van der Waals surface area contributed by atoms with Crippen LogP contribution in [0.5, 0.6) is 0 Å². The fourth-order valence-electron chi connectivity index (χ4n) is 1.87. The number of methoxy groups -OCH3 is 1. The van der Waals surface area contributed by atoms with Crippen LogP contribution in [-0.4, -0.2) is 30.5 Å². The summed E-state index contributed by atoms with van der Waals surface area (Å²) in [5.41, 5.74) is 2.29. The molecule has 0 aliphatic carbocycles. The molecule has 0 aliphatic heterocycles. The Balaban J connectivity index is 2.16. The SMILES string of the molecule is COC(=O)c1cc2ccc(C=CCNC(C)=O)cc2[nH]1. The lowest BCUT2D eigenvalue weighted by Gasteiger charge is -1.96. The first kappa shape index (κ1) is 13.9. The molecule has 104 valence electrons. The Bertz CT molecular complexity index is 671. The van der Waals surface area contributed by atoms with Crippen LogP contribution in [0.1, 0.15) is 23.0 Å². The molecule has 0 saturated heterocycles. The lowest BCUT2D eigenvalue weighted by molar-refractivity contribution is -0.118. The minimum atomic E-state index is -0.385. The number of ether oxygens (including phenoxy) is 1. The Labute approximate surface area is 116 Å². The summed E-state index contributed by atoms with van der Waals surface area (Å²) in [4.78, 5) is 25.2. The predicted molar refractivity (Wildman–Crippen MR) is 77.4 cm³/mol. The van der Waals surface area contributed by atoms with Crippen LogP contribution in [0.2, 0.25) is 0 Å². The zero-order valence-electron chi connectivity index (χ0n) is 11.4. The molecule has 5 nitrogen and oxygen atoms in total. The van der Waals surface area contributed by atoms with Crippen molar-refractivity contribution in [3.63, 3.8) is 0 Å². The Morgan fingerprint density at radius 3 is 2.85 bits per heavy atom. The van der Waals surface area contributed by atoms with Crippen molar-refractivity contribution in [2.45, 2.75) is 6.92 Å². The summed E-state index contributed by atoms with van der Waals surface area (Å²) in [6, 6.07) is 7.57. The van der Waals surface area contributed by atoms with E-state index >= 15 is 0 Å². The third kappa shape index (κ3) is 3.26. The normalized spacial score (nSPS) is 10.9. The Morgan fingerprint density at radius 1 is 1.35 bits per heavy atom. The largest absolute Gasteiger partial charge is 0.464 e. The number of esters is 1. The predicted octanol–water partition coefficient (Wildman–Crippen LogP) is 2.10. The smallest absolute Gasteiger partial charge is 0.354 e. The van der Waals surface area contributed by atoms with Gasteiger partial charge in [-0.2, -0.15) is 0 Å². The average molecular weight is 272 g/mol. The van der Waals surface area contributed by atoms with Crippen LogP contribution >= 0.6 is 0 Å². The molecule has 0 saturated carbocycles. The van der Waals surface area contributed by atoms with Gasteiger partial charge in [0.15, 0.2) is 0 Å².